The molecule has 0 aliphatic carbocycles. The molecule has 0 saturated carbocycles. The highest BCUT2D eigenvalue weighted by Gasteiger charge is 2.36. The van der Waals surface area contributed by atoms with E-state index < -0.39 is 16.1 Å². The van der Waals surface area contributed by atoms with Gasteiger partial charge in [0, 0.05) is 6.54 Å². The maximum atomic E-state index is 13.1. The highest BCUT2D eigenvalue weighted by molar-refractivity contribution is 7.92. The molecule has 0 aromatic heterocycles. The van der Waals surface area contributed by atoms with E-state index in [2.05, 4.69) is 5.32 Å². The highest BCUT2D eigenvalue weighted by Crippen LogP contribution is 2.35. The summed E-state index contributed by atoms with van der Waals surface area (Å²) in [5, 5.41) is 2.82. The van der Waals surface area contributed by atoms with Crippen molar-refractivity contribution < 1.29 is 17.9 Å². The Hall–Kier alpha value is -2.54. The van der Waals surface area contributed by atoms with Crippen LogP contribution in [0, 0.1) is 0 Å². The number of carbonyl (C=O) groups excluding carboxylic acids is 1. The van der Waals surface area contributed by atoms with Gasteiger partial charge in [-0.05, 0) is 24.1 Å². The zero-order chi connectivity index (χ0) is 19.3. The maximum Gasteiger partial charge on any atom is 0.263 e. The van der Waals surface area contributed by atoms with E-state index in [9.17, 15) is 13.2 Å². The van der Waals surface area contributed by atoms with Gasteiger partial charge in [0.15, 0.2) is 6.10 Å². The van der Waals surface area contributed by atoms with Crippen LogP contribution in [0.1, 0.15) is 25.3 Å². The number of hydrogen-bond donors (Lipinski definition) is 1. The van der Waals surface area contributed by atoms with E-state index in [1.54, 1.807) is 36.4 Å². The van der Waals surface area contributed by atoms with Gasteiger partial charge in [0.05, 0.1) is 18.0 Å². The van der Waals surface area contributed by atoms with Crippen LogP contribution in [0.3, 0.4) is 0 Å². The molecular formula is C20H24N2O4S. The summed E-state index contributed by atoms with van der Waals surface area (Å²) in [4.78, 5) is 12.5. The van der Waals surface area contributed by atoms with Gasteiger partial charge in [-0.2, -0.15) is 0 Å². The summed E-state index contributed by atoms with van der Waals surface area (Å²) in [5.74, 6) is -0.0271. The number of amides is 1. The van der Waals surface area contributed by atoms with Crippen LogP contribution >= 0.6 is 0 Å². The number of para-hydroxylation sites is 2. The molecule has 1 unspecified atom stereocenters. The van der Waals surface area contributed by atoms with E-state index >= 15 is 0 Å². The lowest BCUT2D eigenvalue weighted by atomic mass is 10.2. The standard InChI is InChI=1S/C20H24N2O4S/c1-2-3-13-21-20(23)19-14-22(17-11-7-8-12-18(17)26-19)27(24,25)15-16-9-5-4-6-10-16/h4-12,19H,2-3,13-15H2,1H3,(H,21,23). The lowest BCUT2D eigenvalue weighted by Crippen LogP contribution is -2.51. The molecule has 7 heteroatoms. The monoisotopic (exact) mass is 388 g/mol. The van der Waals surface area contributed by atoms with Crippen molar-refractivity contribution in [2.75, 3.05) is 17.4 Å². The minimum Gasteiger partial charge on any atom is -0.476 e. The Labute approximate surface area is 160 Å². The molecule has 1 N–H and O–H groups in total. The fourth-order valence-corrected chi connectivity index (χ4v) is 4.55. The smallest absolute Gasteiger partial charge is 0.263 e. The molecular weight excluding hydrogens is 364 g/mol. The largest absolute Gasteiger partial charge is 0.476 e. The minimum atomic E-state index is -3.67. The summed E-state index contributed by atoms with van der Waals surface area (Å²) in [7, 11) is -3.67. The number of unbranched alkanes of at least 4 members (excludes halogenated alkanes) is 1. The van der Waals surface area contributed by atoms with Gasteiger partial charge in [0.1, 0.15) is 5.75 Å². The minimum absolute atomic E-state index is 0.0376. The first kappa shape index (κ1) is 19.2. The van der Waals surface area contributed by atoms with Crippen molar-refractivity contribution >= 4 is 21.6 Å². The fraction of sp³-hybridized carbons (Fsp3) is 0.350. The topological polar surface area (TPSA) is 75.7 Å². The summed E-state index contributed by atoms with van der Waals surface area (Å²) in [6.07, 6.45) is 0.958. The Kier molecular flexibility index (Phi) is 6.01. The fourth-order valence-electron chi connectivity index (χ4n) is 2.97. The van der Waals surface area contributed by atoms with Crippen molar-refractivity contribution in [3.05, 3.63) is 60.2 Å². The van der Waals surface area contributed by atoms with Crippen LogP contribution in [-0.4, -0.2) is 33.5 Å². The van der Waals surface area contributed by atoms with Gasteiger partial charge >= 0.3 is 0 Å². The van der Waals surface area contributed by atoms with Gasteiger partial charge in [-0.15, -0.1) is 0 Å². The molecule has 144 valence electrons. The Balaban J connectivity index is 1.85. The Morgan fingerprint density at radius 2 is 1.85 bits per heavy atom. The molecule has 6 nitrogen and oxygen atoms in total. The zero-order valence-corrected chi connectivity index (χ0v) is 16.1. The Bertz CT molecular complexity index is 884. The molecule has 1 aliphatic rings. The second kappa shape index (κ2) is 8.43. The summed E-state index contributed by atoms with van der Waals surface area (Å²) in [6.45, 7) is 2.55. The number of anilines is 1. The number of ether oxygens (including phenoxy) is 1. The molecule has 0 radical (unpaired) electrons. The number of benzene rings is 2. The molecule has 0 bridgehead atoms. The van der Waals surface area contributed by atoms with E-state index in [0.717, 1.165) is 12.8 Å². The van der Waals surface area contributed by atoms with Gasteiger partial charge in [-0.25, -0.2) is 8.42 Å². The molecule has 1 heterocycles. The third-order valence-electron chi connectivity index (χ3n) is 4.38. The molecule has 0 saturated heterocycles. The van der Waals surface area contributed by atoms with Crippen LogP contribution in [-0.2, 0) is 20.6 Å². The lowest BCUT2D eigenvalue weighted by Gasteiger charge is -2.34. The first-order chi connectivity index (χ1) is 13.0. The highest BCUT2D eigenvalue weighted by atomic mass is 32.2. The van der Waals surface area contributed by atoms with Gasteiger partial charge in [-0.1, -0.05) is 55.8 Å². The van der Waals surface area contributed by atoms with Crippen LogP contribution in [0.4, 0.5) is 5.69 Å². The Morgan fingerprint density at radius 3 is 2.59 bits per heavy atom. The first-order valence-corrected chi connectivity index (χ1v) is 10.7. The van der Waals surface area contributed by atoms with Crippen LogP contribution in [0.2, 0.25) is 0 Å². The van der Waals surface area contributed by atoms with Gasteiger partial charge in [-0.3, -0.25) is 9.10 Å². The molecule has 0 spiro atoms. The van der Waals surface area contributed by atoms with Gasteiger partial charge < -0.3 is 10.1 Å². The molecule has 1 atom stereocenters. The number of fused-ring (bicyclic) bond motifs is 1. The molecule has 1 aliphatic heterocycles. The van der Waals surface area contributed by atoms with Crippen molar-refractivity contribution in [3.8, 4) is 5.75 Å². The van der Waals surface area contributed by atoms with E-state index in [1.165, 1.54) is 4.31 Å². The summed E-state index contributed by atoms with van der Waals surface area (Å²) >= 11 is 0. The van der Waals surface area contributed by atoms with Crippen LogP contribution < -0.4 is 14.4 Å². The number of rotatable bonds is 7. The average molecular weight is 388 g/mol. The number of sulfonamides is 1. The molecule has 2 aromatic carbocycles. The van der Waals surface area contributed by atoms with Crippen LogP contribution in [0.5, 0.6) is 5.75 Å². The third kappa shape index (κ3) is 4.60. The number of hydrogen-bond acceptors (Lipinski definition) is 4. The average Bonchev–Trinajstić information content (AvgIpc) is 2.67. The number of nitrogens with zero attached hydrogens (tertiary/aromatic N) is 1. The summed E-state index contributed by atoms with van der Waals surface area (Å²) < 4.78 is 33.2. The summed E-state index contributed by atoms with van der Waals surface area (Å²) in [6, 6.07) is 15.9. The van der Waals surface area contributed by atoms with E-state index in [-0.39, 0.29) is 18.2 Å². The first-order valence-electron chi connectivity index (χ1n) is 9.09. The zero-order valence-electron chi connectivity index (χ0n) is 15.3. The molecule has 27 heavy (non-hydrogen) atoms. The van der Waals surface area contributed by atoms with Crippen molar-refractivity contribution in [1.29, 1.82) is 0 Å². The second-order valence-electron chi connectivity index (χ2n) is 6.49. The van der Waals surface area contributed by atoms with E-state index in [0.29, 0.717) is 23.5 Å². The SMILES string of the molecule is CCCCNC(=O)C1CN(S(=O)(=O)Cc2ccccc2)c2ccccc2O1. The summed E-state index contributed by atoms with van der Waals surface area (Å²) in [5.41, 5.74) is 1.16. The van der Waals surface area contributed by atoms with Crippen molar-refractivity contribution in [2.45, 2.75) is 31.6 Å². The molecule has 2 aromatic rings. The predicted octanol–water partition coefficient (Wildman–Crippen LogP) is 2.70. The normalized spacial score (nSPS) is 16.3. The second-order valence-corrected chi connectivity index (χ2v) is 8.39. The maximum absolute atomic E-state index is 13.1. The molecule has 0 fully saturated rings. The molecule has 1 amide bonds. The quantitative estimate of drug-likeness (QED) is 0.740. The van der Waals surface area contributed by atoms with Gasteiger partial charge in [0.25, 0.3) is 5.91 Å². The molecule has 3 rings (SSSR count). The Morgan fingerprint density at radius 1 is 1.15 bits per heavy atom. The van der Waals surface area contributed by atoms with Crippen molar-refractivity contribution in [3.63, 3.8) is 0 Å². The third-order valence-corrected chi connectivity index (χ3v) is 6.10. The van der Waals surface area contributed by atoms with E-state index in [1.807, 2.05) is 25.1 Å². The van der Waals surface area contributed by atoms with Crippen LogP contribution in [0.15, 0.2) is 54.6 Å². The van der Waals surface area contributed by atoms with Crippen LogP contribution in [0.25, 0.3) is 0 Å². The van der Waals surface area contributed by atoms with Crippen molar-refractivity contribution in [1.82, 2.24) is 5.32 Å². The number of carbonyl (C=O) groups is 1. The lowest BCUT2D eigenvalue weighted by molar-refractivity contribution is -0.127. The van der Waals surface area contributed by atoms with E-state index in [4.69, 9.17) is 4.74 Å². The van der Waals surface area contributed by atoms with Crippen molar-refractivity contribution in [2.24, 2.45) is 0 Å². The predicted molar refractivity (Wildman–Crippen MR) is 105 cm³/mol. The number of nitrogens with one attached hydrogen (secondary N) is 1. The van der Waals surface area contributed by atoms with Gasteiger partial charge in [0.2, 0.25) is 10.0 Å².